The minimum absolute atomic E-state index is 0.156. The number of hydrogen-bond donors (Lipinski definition) is 1. The predicted molar refractivity (Wildman–Crippen MR) is 121 cm³/mol. The van der Waals surface area contributed by atoms with E-state index in [1.165, 1.54) is 12.4 Å². The van der Waals surface area contributed by atoms with E-state index < -0.39 is 18.8 Å². The minimum atomic E-state index is -4.44. The molecule has 3 aromatic heterocycles. The van der Waals surface area contributed by atoms with E-state index in [-0.39, 0.29) is 5.82 Å². The average molecular weight is 468 g/mol. The normalized spacial score (nSPS) is 15.4. The summed E-state index contributed by atoms with van der Waals surface area (Å²) < 4.78 is 48.9. The lowest BCUT2D eigenvalue weighted by Gasteiger charge is -2.21. The van der Waals surface area contributed by atoms with Crippen molar-refractivity contribution in [3.8, 4) is 28.3 Å². The summed E-state index contributed by atoms with van der Waals surface area (Å²) in [5, 5.41) is 8.76. The molecular formula is C24H23F3N6O. The Morgan fingerprint density at radius 2 is 1.97 bits per heavy atom. The number of nitrogens with zero attached hydrogens (tertiary/aromatic N) is 5. The number of benzene rings is 1. The Labute approximate surface area is 194 Å². The smallest absolute Gasteiger partial charge is 0.408 e. The summed E-state index contributed by atoms with van der Waals surface area (Å²) in [5.41, 5.74) is 12.0. The standard InChI is InChI=1S/C24H23F3N6O/c1-13-4-5-18-19(6-13)14(2)34-20-8-16(9-29-23(20)28)22-15(7-17-11-32(3)31-21(17)18)10-30-33(22)12-24(25,26)27/h4-6,8-11,14H,7,12H2,1-3H3,(H2,28,29). The highest BCUT2D eigenvalue weighted by Crippen LogP contribution is 2.39. The van der Waals surface area contributed by atoms with Crippen molar-refractivity contribution in [2.75, 3.05) is 5.73 Å². The van der Waals surface area contributed by atoms with Crippen molar-refractivity contribution in [3.05, 3.63) is 65.1 Å². The molecule has 1 aromatic carbocycles. The van der Waals surface area contributed by atoms with Gasteiger partial charge in [0.05, 0.1) is 17.6 Å². The first-order chi connectivity index (χ1) is 16.1. The van der Waals surface area contributed by atoms with Crippen LogP contribution in [0.1, 0.15) is 35.3 Å². The second-order valence-corrected chi connectivity index (χ2v) is 8.60. The van der Waals surface area contributed by atoms with Crippen LogP contribution in [0.2, 0.25) is 0 Å². The Hall–Kier alpha value is -3.82. The number of alkyl halides is 3. The molecule has 0 radical (unpaired) electrons. The summed E-state index contributed by atoms with van der Waals surface area (Å²) in [6, 6.07) is 7.67. The molecule has 0 amide bonds. The topological polar surface area (TPSA) is 83.8 Å². The zero-order valence-electron chi connectivity index (χ0n) is 18.9. The summed E-state index contributed by atoms with van der Waals surface area (Å²) >= 11 is 0. The Kier molecular flexibility index (Phi) is 5.11. The van der Waals surface area contributed by atoms with Crippen LogP contribution >= 0.6 is 0 Å². The van der Waals surface area contributed by atoms with E-state index in [9.17, 15) is 13.2 Å². The molecule has 2 bridgehead atoms. The molecule has 4 aromatic rings. The lowest BCUT2D eigenvalue weighted by atomic mass is 9.93. The van der Waals surface area contributed by atoms with Crippen LogP contribution in [0.25, 0.3) is 22.5 Å². The molecule has 1 unspecified atom stereocenters. The second kappa shape index (κ2) is 7.89. The van der Waals surface area contributed by atoms with Gasteiger partial charge in [-0.25, -0.2) is 4.98 Å². The van der Waals surface area contributed by atoms with Gasteiger partial charge in [0.25, 0.3) is 0 Å². The SMILES string of the molecule is Cc1ccc2c(c1)C(C)Oc1cc(cnc1N)-c1c(cnn1CC(F)(F)F)Cc1cn(C)nc1-2. The first-order valence-corrected chi connectivity index (χ1v) is 10.8. The van der Waals surface area contributed by atoms with Crippen molar-refractivity contribution >= 4 is 5.82 Å². The van der Waals surface area contributed by atoms with Gasteiger partial charge in [-0.3, -0.25) is 9.36 Å². The predicted octanol–water partition coefficient (Wildman–Crippen LogP) is 4.84. The number of nitrogens with two attached hydrogens (primary N) is 1. The van der Waals surface area contributed by atoms with E-state index >= 15 is 0 Å². The number of fused-ring (bicyclic) bond motifs is 7. The van der Waals surface area contributed by atoms with Crippen LogP contribution in [0.4, 0.5) is 19.0 Å². The number of anilines is 1. The van der Waals surface area contributed by atoms with Gasteiger partial charge in [-0.1, -0.05) is 23.8 Å². The van der Waals surface area contributed by atoms with Crippen LogP contribution in [0.15, 0.2) is 42.9 Å². The van der Waals surface area contributed by atoms with E-state index in [1.807, 2.05) is 45.3 Å². The van der Waals surface area contributed by atoms with E-state index in [2.05, 4.69) is 15.2 Å². The Bertz CT molecular complexity index is 1390. The molecule has 0 fully saturated rings. The van der Waals surface area contributed by atoms with Crippen molar-refractivity contribution < 1.29 is 17.9 Å². The van der Waals surface area contributed by atoms with Gasteiger partial charge < -0.3 is 10.5 Å². The molecule has 10 heteroatoms. The summed E-state index contributed by atoms with van der Waals surface area (Å²) in [7, 11) is 1.82. The monoisotopic (exact) mass is 468 g/mol. The third-order valence-corrected chi connectivity index (χ3v) is 5.89. The number of halogens is 3. The largest absolute Gasteiger partial charge is 0.482 e. The van der Waals surface area contributed by atoms with Crippen LogP contribution in [0.3, 0.4) is 0 Å². The number of rotatable bonds is 1. The molecule has 0 spiro atoms. The van der Waals surface area contributed by atoms with Gasteiger partial charge in [-0.2, -0.15) is 23.4 Å². The molecule has 1 atom stereocenters. The number of hydrogen-bond acceptors (Lipinski definition) is 5. The highest BCUT2D eigenvalue weighted by molar-refractivity contribution is 5.72. The number of aromatic nitrogens is 5. The summed E-state index contributed by atoms with van der Waals surface area (Å²) in [4.78, 5) is 4.22. The third kappa shape index (κ3) is 4.00. The molecule has 2 N–H and O–H groups in total. The van der Waals surface area contributed by atoms with Crippen molar-refractivity contribution in [1.29, 1.82) is 0 Å². The minimum Gasteiger partial charge on any atom is -0.482 e. The molecule has 1 aliphatic rings. The highest BCUT2D eigenvalue weighted by Gasteiger charge is 2.31. The fraction of sp³-hybridized carbons (Fsp3) is 0.292. The zero-order chi connectivity index (χ0) is 24.2. The summed E-state index contributed by atoms with van der Waals surface area (Å²) in [6.07, 6.45) is 0.303. The molecule has 5 rings (SSSR count). The van der Waals surface area contributed by atoms with Gasteiger partial charge in [0.1, 0.15) is 12.6 Å². The van der Waals surface area contributed by atoms with Gasteiger partial charge in [-0.05, 0) is 19.9 Å². The fourth-order valence-electron chi connectivity index (χ4n) is 4.44. The Morgan fingerprint density at radius 1 is 1.18 bits per heavy atom. The molecule has 7 nitrogen and oxygen atoms in total. The second-order valence-electron chi connectivity index (χ2n) is 8.60. The van der Waals surface area contributed by atoms with Gasteiger partial charge in [0.2, 0.25) is 0 Å². The van der Waals surface area contributed by atoms with E-state index in [1.54, 1.807) is 10.7 Å². The van der Waals surface area contributed by atoms with Crippen molar-refractivity contribution in [3.63, 3.8) is 0 Å². The lowest BCUT2D eigenvalue weighted by Crippen LogP contribution is -2.19. The molecule has 1 aliphatic heterocycles. The fourth-order valence-corrected chi connectivity index (χ4v) is 4.44. The van der Waals surface area contributed by atoms with E-state index in [4.69, 9.17) is 10.5 Å². The molecule has 0 aliphatic carbocycles. The Balaban J connectivity index is 1.78. The number of pyridine rings is 1. The van der Waals surface area contributed by atoms with E-state index in [0.717, 1.165) is 32.6 Å². The maximum Gasteiger partial charge on any atom is 0.408 e. The van der Waals surface area contributed by atoms with Crippen LogP contribution in [-0.2, 0) is 20.0 Å². The van der Waals surface area contributed by atoms with Gasteiger partial charge in [0, 0.05) is 53.7 Å². The zero-order valence-corrected chi connectivity index (χ0v) is 18.9. The highest BCUT2D eigenvalue weighted by atomic mass is 19.4. The number of aryl methyl sites for hydroxylation is 2. The lowest BCUT2D eigenvalue weighted by molar-refractivity contribution is -0.142. The first kappa shape index (κ1) is 22.0. The average Bonchev–Trinajstić information content (AvgIpc) is 3.30. The third-order valence-electron chi connectivity index (χ3n) is 5.89. The molecule has 0 saturated carbocycles. The summed E-state index contributed by atoms with van der Waals surface area (Å²) in [5.74, 6) is 0.453. The van der Waals surface area contributed by atoms with Gasteiger partial charge in [-0.15, -0.1) is 0 Å². The van der Waals surface area contributed by atoms with Gasteiger partial charge >= 0.3 is 6.18 Å². The molecular weight excluding hydrogens is 445 g/mol. The molecule has 34 heavy (non-hydrogen) atoms. The van der Waals surface area contributed by atoms with Crippen molar-refractivity contribution in [2.24, 2.45) is 7.05 Å². The number of ether oxygens (including phenoxy) is 1. The van der Waals surface area contributed by atoms with Gasteiger partial charge in [0.15, 0.2) is 11.6 Å². The first-order valence-electron chi connectivity index (χ1n) is 10.8. The Morgan fingerprint density at radius 3 is 2.74 bits per heavy atom. The van der Waals surface area contributed by atoms with Crippen molar-refractivity contribution in [1.82, 2.24) is 24.5 Å². The maximum atomic E-state index is 13.3. The van der Waals surface area contributed by atoms with Crippen LogP contribution < -0.4 is 10.5 Å². The van der Waals surface area contributed by atoms with Crippen LogP contribution in [0, 0.1) is 6.92 Å². The summed E-state index contributed by atoms with van der Waals surface area (Å²) in [6.45, 7) is 2.68. The maximum absolute atomic E-state index is 13.3. The molecule has 4 heterocycles. The van der Waals surface area contributed by atoms with Crippen LogP contribution in [0.5, 0.6) is 5.75 Å². The molecule has 176 valence electrons. The quantitative estimate of drug-likeness (QED) is 0.432. The molecule has 0 saturated heterocycles. The van der Waals surface area contributed by atoms with Crippen molar-refractivity contribution in [2.45, 2.75) is 39.1 Å². The van der Waals surface area contributed by atoms with E-state index in [0.29, 0.717) is 29.0 Å². The van der Waals surface area contributed by atoms with Crippen LogP contribution in [-0.4, -0.2) is 30.7 Å². The number of nitrogen functional groups attached to an aromatic ring is 1.